The van der Waals surface area contributed by atoms with Gasteiger partial charge in [-0.15, -0.1) is 0 Å². The van der Waals surface area contributed by atoms with Crippen molar-refractivity contribution in [2.45, 2.75) is 44.7 Å². The topological polar surface area (TPSA) is 74.7 Å². The van der Waals surface area contributed by atoms with E-state index in [1.165, 1.54) is 0 Å². The van der Waals surface area contributed by atoms with Crippen LogP contribution in [0, 0.1) is 5.92 Å². The molecule has 2 unspecified atom stereocenters. The van der Waals surface area contributed by atoms with Gasteiger partial charge in [-0.05, 0) is 37.0 Å². The number of halogens is 1. The number of carboxylic acid groups (broad SMARTS) is 1. The van der Waals surface area contributed by atoms with Crippen molar-refractivity contribution >= 4 is 29.8 Å². The number of hydrogen-bond acceptors (Lipinski definition) is 3. The molecule has 0 radical (unpaired) electrons. The first-order chi connectivity index (χ1) is 11.0. The highest BCUT2D eigenvalue weighted by atomic mass is 35.5. The Morgan fingerprint density at radius 2 is 2.04 bits per heavy atom. The quantitative estimate of drug-likeness (QED) is 0.809. The van der Waals surface area contributed by atoms with E-state index in [4.69, 9.17) is 16.7 Å². The molecular weight excluding hydrogens is 318 g/mol. The molecule has 5 nitrogen and oxygen atoms in total. The van der Waals surface area contributed by atoms with Crippen LogP contribution in [0.3, 0.4) is 0 Å². The molecule has 2 rings (SSSR count). The molecule has 124 valence electrons. The van der Waals surface area contributed by atoms with Crippen molar-refractivity contribution in [1.82, 2.24) is 4.90 Å². The Morgan fingerprint density at radius 3 is 2.57 bits per heavy atom. The summed E-state index contributed by atoms with van der Waals surface area (Å²) in [4.78, 5) is 36.7. The van der Waals surface area contributed by atoms with Gasteiger partial charge >= 0.3 is 5.97 Å². The first kappa shape index (κ1) is 17.5. The molecule has 0 bridgehead atoms. The standard InChI is InChI=1S/C17H20ClNO4/c1-2-14(10-20)19-15(11-3-6-13(18)7-4-11)8-5-12(17(19)23)9-16(21)22/h3-4,6-7,10,12,14-15H,2,5,8-9H2,1H3,(H,21,22)/t12?,14-,15?/m0/s1. The highest BCUT2D eigenvalue weighted by Gasteiger charge is 2.40. The molecule has 1 aliphatic rings. The Balaban J connectivity index is 2.33. The van der Waals surface area contributed by atoms with E-state index in [9.17, 15) is 14.4 Å². The number of piperidine rings is 1. The van der Waals surface area contributed by atoms with Gasteiger partial charge in [0.05, 0.1) is 18.5 Å². The number of aliphatic carboxylic acids is 1. The van der Waals surface area contributed by atoms with Gasteiger partial charge in [-0.2, -0.15) is 0 Å². The smallest absolute Gasteiger partial charge is 0.304 e. The van der Waals surface area contributed by atoms with Gasteiger partial charge in [0.15, 0.2) is 0 Å². The summed E-state index contributed by atoms with van der Waals surface area (Å²) in [6.07, 6.45) is 2.21. The zero-order valence-corrected chi connectivity index (χ0v) is 13.7. The number of hydrogen-bond donors (Lipinski definition) is 1. The summed E-state index contributed by atoms with van der Waals surface area (Å²) in [6.45, 7) is 1.84. The van der Waals surface area contributed by atoms with Crippen LogP contribution in [0.15, 0.2) is 24.3 Å². The Kier molecular flexibility index (Phi) is 5.77. The van der Waals surface area contributed by atoms with Crippen LogP contribution in [0.5, 0.6) is 0 Å². The fourth-order valence-electron chi connectivity index (χ4n) is 3.15. The molecule has 1 saturated heterocycles. The SMILES string of the molecule is CC[C@@H](C=O)N1C(=O)C(CC(=O)O)CCC1c1ccc(Cl)cc1. The minimum Gasteiger partial charge on any atom is -0.481 e. The summed E-state index contributed by atoms with van der Waals surface area (Å²) in [7, 11) is 0. The molecule has 1 aromatic rings. The molecule has 23 heavy (non-hydrogen) atoms. The normalized spacial score (nSPS) is 22.7. The van der Waals surface area contributed by atoms with Gasteiger partial charge in [0.2, 0.25) is 5.91 Å². The molecule has 1 aliphatic heterocycles. The maximum atomic E-state index is 12.7. The lowest BCUT2D eigenvalue weighted by molar-refractivity contribution is -0.152. The summed E-state index contributed by atoms with van der Waals surface area (Å²) in [6, 6.07) is 6.44. The highest BCUT2D eigenvalue weighted by Crippen LogP contribution is 2.37. The van der Waals surface area contributed by atoms with Gasteiger partial charge in [0.25, 0.3) is 0 Å². The largest absolute Gasteiger partial charge is 0.481 e. The number of benzene rings is 1. The molecule has 6 heteroatoms. The Bertz CT molecular complexity index is 587. The predicted octanol–water partition coefficient (Wildman–Crippen LogP) is 3.07. The van der Waals surface area contributed by atoms with Gasteiger partial charge in [-0.25, -0.2) is 0 Å². The van der Waals surface area contributed by atoms with Crippen molar-refractivity contribution in [3.63, 3.8) is 0 Å². The highest BCUT2D eigenvalue weighted by molar-refractivity contribution is 6.30. The number of amides is 1. The van der Waals surface area contributed by atoms with E-state index in [0.29, 0.717) is 24.3 Å². The van der Waals surface area contributed by atoms with E-state index in [1.807, 2.05) is 19.1 Å². The zero-order valence-electron chi connectivity index (χ0n) is 12.9. The lowest BCUT2D eigenvalue weighted by Gasteiger charge is -2.42. The molecule has 1 N–H and O–H groups in total. The molecule has 3 atom stereocenters. The van der Waals surface area contributed by atoms with Crippen LogP contribution in [0.4, 0.5) is 0 Å². The molecule has 0 aliphatic carbocycles. The second-order valence-corrected chi connectivity index (χ2v) is 6.23. The second kappa shape index (κ2) is 7.59. The van der Waals surface area contributed by atoms with Crippen LogP contribution in [-0.2, 0) is 14.4 Å². The number of carbonyl (C=O) groups excluding carboxylic acids is 2. The summed E-state index contributed by atoms with van der Waals surface area (Å²) < 4.78 is 0. The maximum absolute atomic E-state index is 12.7. The fraction of sp³-hybridized carbons (Fsp3) is 0.471. The third-order valence-electron chi connectivity index (χ3n) is 4.34. The molecule has 0 spiro atoms. The number of rotatable bonds is 6. The van der Waals surface area contributed by atoms with Crippen LogP contribution < -0.4 is 0 Å². The van der Waals surface area contributed by atoms with Crippen molar-refractivity contribution in [3.05, 3.63) is 34.9 Å². The van der Waals surface area contributed by atoms with Gasteiger partial charge in [-0.1, -0.05) is 30.7 Å². The second-order valence-electron chi connectivity index (χ2n) is 5.80. The zero-order chi connectivity index (χ0) is 17.0. The molecule has 0 aromatic heterocycles. The van der Waals surface area contributed by atoms with Crippen LogP contribution >= 0.6 is 11.6 Å². The Hall–Kier alpha value is -1.88. The summed E-state index contributed by atoms with van der Waals surface area (Å²) in [5, 5.41) is 9.59. The number of nitrogens with zero attached hydrogens (tertiary/aromatic N) is 1. The van der Waals surface area contributed by atoms with Gasteiger partial charge in [0.1, 0.15) is 6.29 Å². The molecule has 1 aromatic carbocycles. The monoisotopic (exact) mass is 337 g/mol. The molecule has 1 amide bonds. The van der Waals surface area contributed by atoms with Gasteiger partial charge in [-0.3, -0.25) is 9.59 Å². The van der Waals surface area contributed by atoms with E-state index in [2.05, 4.69) is 0 Å². The average molecular weight is 338 g/mol. The minimum absolute atomic E-state index is 0.196. The lowest BCUT2D eigenvalue weighted by Crippen LogP contribution is -2.49. The van der Waals surface area contributed by atoms with Crippen molar-refractivity contribution in [3.8, 4) is 0 Å². The van der Waals surface area contributed by atoms with Crippen molar-refractivity contribution in [1.29, 1.82) is 0 Å². The third-order valence-corrected chi connectivity index (χ3v) is 4.59. The lowest BCUT2D eigenvalue weighted by atomic mass is 9.85. The Labute approximate surface area is 140 Å². The number of carbonyl (C=O) groups is 3. The van der Waals surface area contributed by atoms with Gasteiger partial charge in [0, 0.05) is 10.9 Å². The van der Waals surface area contributed by atoms with E-state index < -0.39 is 17.9 Å². The molecule has 0 saturated carbocycles. The summed E-state index contributed by atoms with van der Waals surface area (Å²) >= 11 is 5.91. The minimum atomic E-state index is -0.993. The van der Waals surface area contributed by atoms with E-state index in [0.717, 1.165) is 11.8 Å². The number of aldehydes is 1. The van der Waals surface area contributed by atoms with Crippen LogP contribution in [0.2, 0.25) is 5.02 Å². The molecule has 1 heterocycles. The third kappa shape index (κ3) is 3.91. The van der Waals surface area contributed by atoms with Gasteiger partial charge < -0.3 is 14.8 Å². The van der Waals surface area contributed by atoms with E-state index >= 15 is 0 Å². The van der Waals surface area contributed by atoms with Crippen LogP contribution in [-0.4, -0.2) is 34.2 Å². The molecule has 1 fully saturated rings. The first-order valence-electron chi connectivity index (χ1n) is 7.72. The van der Waals surface area contributed by atoms with Crippen LogP contribution in [0.1, 0.15) is 44.2 Å². The average Bonchev–Trinajstić information content (AvgIpc) is 2.52. The van der Waals surface area contributed by atoms with Crippen molar-refractivity contribution < 1.29 is 19.5 Å². The van der Waals surface area contributed by atoms with Crippen molar-refractivity contribution in [2.75, 3.05) is 0 Å². The van der Waals surface area contributed by atoms with E-state index in [1.54, 1.807) is 17.0 Å². The van der Waals surface area contributed by atoms with Crippen LogP contribution in [0.25, 0.3) is 0 Å². The van der Waals surface area contributed by atoms with Crippen molar-refractivity contribution in [2.24, 2.45) is 5.92 Å². The van der Waals surface area contributed by atoms with E-state index in [-0.39, 0.29) is 18.4 Å². The predicted molar refractivity (Wildman–Crippen MR) is 86.2 cm³/mol. The summed E-state index contributed by atoms with van der Waals surface area (Å²) in [5.74, 6) is -1.81. The fourth-order valence-corrected chi connectivity index (χ4v) is 3.28. The Morgan fingerprint density at radius 1 is 1.39 bits per heavy atom. The maximum Gasteiger partial charge on any atom is 0.304 e. The first-order valence-corrected chi connectivity index (χ1v) is 8.10. The number of carboxylic acids is 1. The summed E-state index contributed by atoms with van der Waals surface area (Å²) in [5.41, 5.74) is 0.914. The molecular formula is C17H20ClNO4. The number of likely N-dealkylation sites (tertiary alicyclic amines) is 1.